The summed E-state index contributed by atoms with van der Waals surface area (Å²) in [5, 5.41) is 2.78. The molecule has 112 valence electrons. The lowest BCUT2D eigenvalue weighted by Gasteiger charge is -2.18. The van der Waals surface area contributed by atoms with E-state index in [9.17, 15) is 18.0 Å². The molecule has 0 saturated heterocycles. The number of carbonyl (C=O) groups is 1. The number of hydrogen-bond acceptors (Lipinski definition) is 4. The van der Waals surface area contributed by atoms with Crippen LogP contribution in [-0.2, 0) is 9.53 Å². The van der Waals surface area contributed by atoms with Crippen molar-refractivity contribution < 1.29 is 27.4 Å². The summed E-state index contributed by atoms with van der Waals surface area (Å²) in [7, 11) is 1.24. The molecule has 0 bridgehead atoms. The van der Waals surface area contributed by atoms with E-state index in [0.717, 1.165) is 0 Å². The molecule has 0 radical (unpaired) electrons. The fraction of sp³-hybridized carbons (Fsp3) is 0.417. The van der Waals surface area contributed by atoms with Crippen LogP contribution in [0.5, 0.6) is 5.75 Å². The second kappa shape index (κ2) is 6.83. The van der Waals surface area contributed by atoms with Gasteiger partial charge in [0.25, 0.3) is 0 Å². The molecule has 1 aromatic rings. The molecule has 0 spiro atoms. The number of nitrogens with one attached hydrogen (secondary N) is 1. The van der Waals surface area contributed by atoms with Crippen molar-refractivity contribution in [3.05, 3.63) is 22.7 Å². The van der Waals surface area contributed by atoms with Gasteiger partial charge in [0.15, 0.2) is 5.75 Å². The van der Waals surface area contributed by atoms with Gasteiger partial charge in [0.2, 0.25) is 0 Å². The monoisotopic (exact) mass is 355 g/mol. The summed E-state index contributed by atoms with van der Waals surface area (Å²) in [5.41, 5.74) is 0.141. The fourth-order valence-electron chi connectivity index (χ4n) is 1.47. The number of benzene rings is 1. The summed E-state index contributed by atoms with van der Waals surface area (Å²) in [6, 6.07) is 3.79. The maximum atomic E-state index is 12.3. The van der Waals surface area contributed by atoms with E-state index in [1.165, 1.54) is 19.2 Å². The molecule has 0 aromatic heterocycles. The van der Waals surface area contributed by atoms with Crippen LogP contribution < -0.4 is 10.1 Å². The Morgan fingerprint density at radius 1 is 1.45 bits per heavy atom. The van der Waals surface area contributed by atoms with Gasteiger partial charge in [-0.2, -0.15) is 0 Å². The standard InChI is InChI=1S/C12H13BrF3NO3/c1-7(5-11(18)19-2)17-9-4-3-8(13)6-10(9)20-12(14,15)16/h3-4,6-7,17H,5H2,1-2H3. The van der Waals surface area contributed by atoms with Crippen LogP contribution in [0.25, 0.3) is 0 Å². The SMILES string of the molecule is COC(=O)CC(C)Nc1ccc(Br)cc1OC(F)(F)F. The number of esters is 1. The van der Waals surface area contributed by atoms with E-state index in [4.69, 9.17) is 0 Å². The van der Waals surface area contributed by atoms with Crippen molar-refractivity contribution in [3.8, 4) is 5.75 Å². The largest absolute Gasteiger partial charge is 0.573 e. The lowest BCUT2D eigenvalue weighted by atomic mass is 10.2. The molecule has 20 heavy (non-hydrogen) atoms. The Morgan fingerprint density at radius 3 is 2.65 bits per heavy atom. The van der Waals surface area contributed by atoms with Crippen molar-refractivity contribution in [2.75, 3.05) is 12.4 Å². The van der Waals surface area contributed by atoms with Gasteiger partial charge in [-0.15, -0.1) is 13.2 Å². The zero-order valence-corrected chi connectivity index (χ0v) is 12.3. The zero-order chi connectivity index (χ0) is 15.3. The fourth-order valence-corrected chi connectivity index (χ4v) is 1.81. The van der Waals surface area contributed by atoms with Gasteiger partial charge in [0.05, 0.1) is 19.2 Å². The number of alkyl halides is 3. The Hall–Kier alpha value is -1.44. The van der Waals surface area contributed by atoms with Crippen molar-refractivity contribution >= 4 is 27.6 Å². The minimum atomic E-state index is -4.79. The van der Waals surface area contributed by atoms with Crippen molar-refractivity contribution in [1.82, 2.24) is 0 Å². The second-order valence-electron chi connectivity index (χ2n) is 4.01. The molecule has 0 saturated carbocycles. The van der Waals surface area contributed by atoms with E-state index in [-0.39, 0.29) is 17.9 Å². The number of carbonyl (C=O) groups excluding carboxylic acids is 1. The van der Waals surface area contributed by atoms with Crippen LogP contribution in [0.3, 0.4) is 0 Å². The molecule has 0 aliphatic carbocycles. The van der Waals surface area contributed by atoms with Gasteiger partial charge in [-0.05, 0) is 25.1 Å². The molecule has 1 N–H and O–H groups in total. The number of ether oxygens (including phenoxy) is 2. The highest BCUT2D eigenvalue weighted by Gasteiger charge is 2.32. The average Bonchev–Trinajstić information content (AvgIpc) is 2.30. The molecule has 4 nitrogen and oxygen atoms in total. The number of methoxy groups -OCH3 is 1. The van der Waals surface area contributed by atoms with Crippen LogP contribution in [-0.4, -0.2) is 25.5 Å². The van der Waals surface area contributed by atoms with Gasteiger partial charge in [0, 0.05) is 10.5 Å². The molecule has 0 heterocycles. The third kappa shape index (κ3) is 5.68. The smallest absolute Gasteiger partial charge is 0.469 e. The quantitative estimate of drug-likeness (QED) is 0.818. The van der Waals surface area contributed by atoms with Crippen LogP contribution in [0.1, 0.15) is 13.3 Å². The minimum absolute atomic E-state index is 0.0258. The lowest BCUT2D eigenvalue weighted by molar-refractivity contribution is -0.274. The van der Waals surface area contributed by atoms with Gasteiger partial charge in [-0.25, -0.2) is 0 Å². The average molecular weight is 356 g/mol. The van der Waals surface area contributed by atoms with Crippen LogP contribution in [0.4, 0.5) is 18.9 Å². The van der Waals surface area contributed by atoms with E-state index in [2.05, 4.69) is 30.7 Å². The predicted molar refractivity (Wildman–Crippen MR) is 70.5 cm³/mol. The van der Waals surface area contributed by atoms with Crippen molar-refractivity contribution in [2.24, 2.45) is 0 Å². The summed E-state index contributed by atoms with van der Waals surface area (Å²) >= 11 is 3.07. The first-order chi connectivity index (χ1) is 9.21. The van der Waals surface area contributed by atoms with Crippen molar-refractivity contribution in [3.63, 3.8) is 0 Å². The van der Waals surface area contributed by atoms with Crippen LogP contribution in [0.15, 0.2) is 22.7 Å². The lowest BCUT2D eigenvalue weighted by Crippen LogP contribution is -2.22. The third-order valence-electron chi connectivity index (χ3n) is 2.27. The molecule has 8 heteroatoms. The normalized spacial score (nSPS) is 12.7. The summed E-state index contributed by atoms with van der Waals surface area (Å²) in [4.78, 5) is 11.1. The molecule has 0 aliphatic rings. The van der Waals surface area contributed by atoms with E-state index in [1.807, 2.05) is 0 Å². The van der Waals surface area contributed by atoms with Crippen LogP contribution in [0.2, 0.25) is 0 Å². The summed E-state index contributed by atoms with van der Waals surface area (Å²) < 4.78 is 45.8. The summed E-state index contributed by atoms with van der Waals surface area (Å²) in [6.45, 7) is 1.65. The molecule has 1 rings (SSSR count). The Bertz CT molecular complexity index is 480. The van der Waals surface area contributed by atoms with Gasteiger partial charge < -0.3 is 14.8 Å². The molecule has 1 atom stereocenters. The minimum Gasteiger partial charge on any atom is -0.469 e. The number of hydrogen-bond donors (Lipinski definition) is 1. The number of halogens is 4. The Labute approximate surface area is 122 Å². The molecule has 1 aromatic carbocycles. The number of rotatable bonds is 5. The summed E-state index contributed by atoms with van der Waals surface area (Å²) in [6.07, 6.45) is -4.76. The third-order valence-corrected chi connectivity index (χ3v) is 2.77. The Kier molecular flexibility index (Phi) is 5.67. The molecule has 0 fully saturated rings. The highest BCUT2D eigenvalue weighted by Crippen LogP contribution is 2.33. The predicted octanol–water partition coefficient (Wildman–Crippen LogP) is 3.71. The highest BCUT2D eigenvalue weighted by molar-refractivity contribution is 9.10. The van der Waals surface area contributed by atoms with Crippen LogP contribution in [0, 0.1) is 0 Å². The first-order valence-corrected chi connectivity index (χ1v) is 6.39. The maximum absolute atomic E-state index is 12.3. The van der Waals surface area contributed by atoms with E-state index < -0.39 is 18.4 Å². The topological polar surface area (TPSA) is 47.6 Å². The van der Waals surface area contributed by atoms with E-state index in [0.29, 0.717) is 4.47 Å². The van der Waals surface area contributed by atoms with E-state index >= 15 is 0 Å². The second-order valence-corrected chi connectivity index (χ2v) is 4.93. The van der Waals surface area contributed by atoms with Crippen molar-refractivity contribution in [1.29, 1.82) is 0 Å². The van der Waals surface area contributed by atoms with Gasteiger partial charge in [-0.1, -0.05) is 15.9 Å². The molecule has 1 unspecified atom stereocenters. The van der Waals surface area contributed by atoms with E-state index in [1.54, 1.807) is 13.0 Å². The Balaban J connectivity index is 2.86. The van der Waals surface area contributed by atoms with Crippen molar-refractivity contribution in [2.45, 2.75) is 25.7 Å². The molecule has 0 amide bonds. The first kappa shape index (κ1) is 16.6. The molecular formula is C12H13BrF3NO3. The van der Waals surface area contributed by atoms with Gasteiger partial charge in [-0.3, -0.25) is 4.79 Å². The first-order valence-electron chi connectivity index (χ1n) is 5.60. The molecular weight excluding hydrogens is 343 g/mol. The van der Waals surface area contributed by atoms with Crippen LogP contribution >= 0.6 is 15.9 Å². The van der Waals surface area contributed by atoms with Gasteiger partial charge >= 0.3 is 12.3 Å². The zero-order valence-electron chi connectivity index (χ0n) is 10.8. The molecule has 0 aliphatic heterocycles. The maximum Gasteiger partial charge on any atom is 0.573 e. The Morgan fingerprint density at radius 2 is 2.10 bits per heavy atom. The summed E-state index contributed by atoms with van der Waals surface area (Å²) in [5.74, 6) is -0.830. The van der Waals surface area contributed by atoms with Gasteiger partial charge in [0.1, 0.15) is 0 Å². The number of anilines is 1. The highest BCUT2D eigenvalue weighted by atomic mass is 79.9.